The molecule has 2 aromatic carbocycles. The van der Waals surface area contributed by atoms with Gasteiger partial charge >= 0.3 is 0 Å². The first-order chi connectivity index (χ1) is 16.6. The molecule has 0 fully saturated rings. The number of benzene rings is 2. The molecule has 0 aliphatic heterocycles. The SMILES string of the molecule is COCCCNC(=O)c1csc(CSc2nnc(-c3ccccc3Cl)n2-c2ccccc2C)n1. The van der Waals surface area contributed by atoms with E-state index in [1.54, 1.807) is 12.5 Å². The van der Waals surface area contributed by atoms with Crippen molar-refractivity contribution in [1.82, 2.24) is 25.1 Å². The molecule has 0 atom stereocenters. The van der Waals surface area contributed by atoms with Crippen molar-refractivity contribution >= 4 is 40.6 Å². The maximum Gasteiger partial charge on any atom is 0.270 e. The Labute approximate surface area is 211 Å². The summed E-state index contributed by atoms with van der Waals surface area (Å²) in [5.41, 5.74) is 3.32. The topological polar surface area (TPSA) is 81.9 Å². The number of carbonyl (C=O) groups is 1. The smallest absolute Gasteiger partial charge is 0.270 e. The van der Waals surface area contributed by atoms with Gasteiger partial charge < -0.3 is 10.1 Å². The van der Waals surface area contributed by atoms with E-state index in [1.807, 2.05) is 47.0 Å². The Hall–Kier alpha value is -2.72. The number of thiazole rings is 1. The van der Waals surface area contributed by atoms with Crippen molar-refractivity contribution < 1.29 is 9.53 Å². The van der Waals surface area contributed by atoms with Crippen LogP contribution in [0.15, 0.2) is 59.1 Å². The first kappa shape index (κ1) is 24.4. The van der Waals surface area contributed by atoms with Gasteiger partial charge in [0.25, 0.3) is 5.91 Å². The highest BCUT2D eigenvalue weighted by Gasteiger charge is 2.20. The monoisotopic (exact) mass is 513 g/mol. The van der Waals surface area contributed by atoms with Gasteiger partial charge in [0.2, 0.25) is 0 Å². The number of halogens is 1. The van der Waals surface area contributed by atoms with Crippen LogP contribution >= 0.6 is 34.7 Å². The molecule has 0 radical (unpaired) electrons. The summed E-state index contributed by atoms with van der Waals surface area (Å²) in [7, 11) is 1.64. The minimum absolute atomic E-state index is 0.173. The fraction of sp³-hybridized carbons (Fsp3) is 0.250. The molecule has 1 N–H and O–H groups in total. The van der Waals surface area contributed by atoms with Gasteiger partial charge in [0.05, 0.1) is 16.5 Å². The van der Waals surface area contributed by atoms with Crippen molar-refractivity contribution in [3.8, 4) is 17.1 Å². The van der Waals surface area contributed by atoms with Gasteiger partial charge in [-0.25, -0.2) is 4.98 Å². The summed E-state index contributed by atoms with van der Waals surface area (Å²) in [6.07, 6.45) is 0.761. The van der Waals surface area contributed by atoms with Gasteiger partial charge in [-0.15, -0.1) is 21.5 Å². The lowest BCUT2D eigenvalue weighted by Gasteiger charge is -2.13. The first-order valence-electron chi connectivity index (χ1n) is 10.7. The van der Waals surface area contributed by atoms with Gasteiger partial charge in [-0.3, -0.25) is 9.36 Å². The number of hydrogen-bond donors (Lipinski definition) is 1. The lowest BCUT2D eigenvalue weighted by atomic mass is 10.1. The normalized spacial score (nSPS) is 11.0. The number of thioether (sulfide) groups is 1. The highest BCUT2D eigenvalue weighted by Crippen LogP contribution is 2.34. The molecule has 2 heterocycles. The van der Waals surface area contributed by atoms with Crippen LogP contribution in [0.2, 0.25) is 5.02 Å². The fourth-order valence-electron chi connectivity index (χ4n) is 3.33. The van der Waals surface area contributed by atoms with Crippen molar-refractivity contribution in [3.05, 3.63) is 75.2 Å². The van der Waals surface area contributed by atoms with Gasteiger partial charge in [-0.1, -0.05) is 53.7 Å². The number of amides is 1. The zero-order chi connectivity index (χ0) is 23.9. The predicted molar refractivity (Wildman–Crippen MR) is 137 cm³/mol. The summed E-state index contributed by atoms with van der Waals surface area (Å²) in [4.78, 5) is 16.8. The van der Waals surface area contributed by atoms with E-state index in [2.05, 4.69) is 33.5 Å². The molecule has 0 unspecified atom stereocenters. The van der Waals surface area contributed by atoms with Crippen molar-refractivity contribution in [1.29, 1.82) is 0 Å². The van der Waals surface area contributed by atoms with Crippen LogP contribution in [0, 0.1) is 6.92 Å². The van der Waals surface area contributed by atoms with Crippen molar-refractivity contribution in [3.63, 3.8) is 0 Å². The minimum atomic E-state index is -0.173. The van der Waals surface area contributed by atoms with Crippen LogP contribution in [-0.4, -0.2) is 45.9 Å². The minimum Gasteiger partial charge on any atom is -0.385 e. The molecule has 10 heteroatoms. The number of ether oxygens (including phenoxy) is 1. The van der Waals surface area contributed by atoms with Crippen LogP contribution in [0.4, 0.5) is 0 Å². The van der Waals surface area contributed by atoms with Crippen LogP contribution in [0.5, 0.6) is 0 Å². The van der Waals surface area contributed by atoms with E-state index < -0.39 is 0 Å². The molecular weight excluding hydrogens is 490 g/mol. The van der Waals surface area contributed by atoms with Crippen LogP contribution in [-0.2, 0) is 10.5 Å². The quantitative estimate of drug-likeness (QED) is 0.225. The van der Waals surface area contributed by atoms with Crippen LogP contribution in [0.25, 0.3) is 17.1 Å². The predicted octanol–water partition coefficient (Wildman–Crippen LogP) is 5.41. The summed E-state index contributed by atoms with van der Waals surface area (Å²) in [6, 6.07) is 15.7. The van der Waals surface area contributed by atoms with Gasteiger partial charge in [0.15, 0.2) is 11.0 Å². The lowest BCUT2D eigenvalue weighted by molar-refractivity contribution is 0.0944. The number of carbonyl (C=O) groups excluding carboxylic acids is 1. The molecule has 1 amide bonds. The van der Waals surface area contributed by atoms with E-state index in [4.69, 9.17) is 16.3 Å². The fourth-order valence-corrected chi connectivity index (χ4v) is 5.29. The molecule has 0 saturated heterocycles. The third-order valence-corrected chi connectivity index (χ3v) is 7.33. The molecule has 0 spiro atoms. The zero-order valence-corrected chi connectivity index (χ0v) is 21.2. The Balaban J connectivity index is 1.56. The summed E-state index contributed by atoms with van der Waals surface area (Å²) < 4.78 is 7.03. The Morgan fingerprint density at radius 1 is 1.18 bits per heavy atom. The molecule has 7 nitrogen and oxygen atoms in total. The van der Waals surface area contributed by atoms with E-state index in [9.17, 15) is 4.79 Å². The third-order valence-electron chi connectivity index (χ3n) is 5.02. The molecule has 34 heavy (non-hydrogen) atoms. The molecule has 0 saturated carbocycles. The van der Waals surface area contributed by atoms with Gasteiger partial charge in [-0.2, -0.15) is 0 Å². The standard InChI is InChI=1S/C24H24ClN5O2S2/c1-16-8-3-6-11-20(16)30-22(17-9-4-5-10-18(17)25)28-29-24(30)34-15-21-27-19(14-33-21)23(31)26-12-7-13-32-2/h3-6,8-11,14H,7,12-13,15H2,1-2H3,(H,26,31). The Morgan fingerprint density at radius 2 is 1.97 bits per heavy atom. The van der Waals surface area contributed by atoms with E-state index in [0.717, 1.165) is 33.4 Å². The highest BCUT2D eigenvalue weighted by atomic mass is 35.5. The second-order valence-corrected chi connectivity index (χ2v) is 9.72. The van der Waals surface area contributed by atoms with Crippen LogP contribution in [0.3, 0.4) is 0 Å². The Bertz CT molecular complexity index is 1270. The number of methoxy groups -OCH3 is 1. The number of aryl methyl sites for hydroxylation is 1. The summed E-state index contributed by atoms with van der Waals surface area (Å²) >= 11 is 9.46. The molecule has 0 aliphatic carbocycles. The number of rotatable bonds is 10. The van der Waals surface area contributed by atoms with Gasteiger partial charge in [0.1, 0.15) is 10.7 Å². The van der Waals surface area contributed by atoms with E-state index in [0.29, 0.717) is 35.4 Å². The Morgan fingerprint density at radius 3 is 2.76 bits per heavy atom. The summed E-state index contributed by atoms with van der Waals surface area (Å²) in [5, 5.41) is 15.8. The van der Waals surface area contributed by atoms with E-state index in [-0.39, 0.29) is 5.91 Å². The van der Waals surface area contributed by atoms with E-state index in [1.165, 1.54) is 23.1 Å². The lowest BCUT2D eigenvalue weighted by Crippen LogP contribution is -2.25. The number of para-hydroxylation sites is 1. The van der Waals surface area contributed by atoms with Gasteiger partial charge in [-0.05, 0) is 37.1 Å². The average Bonchev–Trinajstić information content (AvgIpc) is 3.48. The van der Waals surface area contributed by atoms with Crippen molar-refractivity contribution in [2.24, 2.45) is 0 Å². The maximum absolute atomic E-state index is 12.3. The number of nitrogens with one attached hydrogen (secondary N) is 1. The third kappa shape index (κ3) is 5.67. The number of hydrogen-bond acceptors (Lipinski definition) is 7. The zero-order valence-electron chi connectivity index (χ0n) is 18.8. The number of aromatic nitrogens is 4. The summed E-state index contributed by atoms with van der Waals surface area (Å²) in [6.45, 7) is 3.22. The second-order valence-electron chi connectivity index (χ2n) is 7.43. The maximum atomic E-state index is 12.3. The molecular formula is C24H24ClN5O2S2. The summed E-state index contributed by atoms with van der Waals surface area (Å²) in [5.74, 6) is 1.07. The van der Waals surface area contributed by atoms with Crippen LogP contribution < -0.4 is 5.32 Å². The Kier molecular flexibility index (Phi) is 8.34. The molecule has 4 aromatic rings. The molecule has 176 valence electrons. The molecule has 2 aromatic heterocycles. The van der Waals surface area contributed by atoms with Crippen LogP contribution in [0.1, 0.15) is 27.5 Å². The van der Waals surface area contributed by atoms with Gasteiger partial charge in [0, 0.05) is 31.2 Å². The average molecular weight is 514 g/mol. The number of nitrogens with zero attached hydrogens (tertiary/aromatic N) is 4. The molecule has 0 aliphatic rings. The molecule has 4 rings (SSSR count). The molecule has 0 bridgehead atoms. The van der Waals surface area contributed by atoms with Crippen molar-refractivity contribution in [2.45, 2.75) is 24.3 Å². The van der Waals surface area contributed by atoms with Crippen molar-refractivity contribution in [2.75, 3.05) is 20.3 Å². The highest BCUT2D eigenvalue weighted by molar-refractivity contribution is 7.98. The first-order valence-corrected chi connectivity index (χ1v) is 12.9. The van der Waals surface area contributed by atoms with E-state index >= 15 is 0 Å². The largest absolute Gasteiger partial charge is 0.385 e. The second kappa shape index (κ2) is 11.6.